The molecule has 2 aliphatic heterocycles. The number of β-amino-alcohol motifs (C(OH)–C–C–N with tert-alkyl or cyclic N) is 1. The number of carbonyl (C=O) groups is 2. The first-order valence-electron chi connectivity index (χ1n) is 8.70. The van der Waals surface area contributed by atoms with Gasteiger partial charge in [0, 0.05) is 26.2 Å². The van der Waals surface area contributed by atoms with Crippen molar-refractivity contribution in [3.05, 3.63) is 0 Å². The van der Waals surface area contributed by atoms with Crippen molar-refractivity contribution in [2.45, 2.75) is 25.7 Å². The van der Waals surface area contributed by atoms with Gasteiger partial charge in [-0.1, -0.05) is 0 Å². The molecule has 0 aromatic heterocycles. The lowest BCUT2D eigenvalue weighted by Crippen LogP contribution is -2.47. The molecular formula is C16H30N4O3. The van der Waals surface area contributed by atoms with Crippen LogP contribution in [0, 0.1) is 11.8 Å². The number of primary amides is 1. The Morgan fingerprint density at radius 3 is 2.61 bits per heavy atom. The number of rotatable bonds is 7. The van der Waals surface area contributed by atoms with Crippen molar-refractivity contribution in [3.8, 4) is 0 Å². The molecule has 7 nitrogen and oxygen atoms in total. The van der Waals surface area contributed by atoms with E-state index in [9.17, 15) is 9.59 Å². The van der Waals surface area contributed by atoms with Gasteiger partial charge in [0.25, 0.3) is 0 Å². The van der Waals surface area contributed by atoms with Crippen LogP contribution in [0.2, 0.25) is 0 Å². The molecule has 132 valence electrons. The quantitative estimate of drug-likeness (QED) is 0.558. The number of aliphatic hydroxyl groups excluding tert-OH is 1. The fourth-order valence-electron chi connectivity index (χ4n) is 3.69. The highest BCUT2D eigenvalue weighted by atomic mass is 16.3. The normalized spacial score (nSPS) is 26.8. The molecule has 2 unspecified atom stereocenters. The average molecular weight is 326 g/mol. The van der Waals surface area contributed by atoms with Crippen LogP contribution >= 0.6 is 0 Å². The van der Waals surface area contributed by atoms with Gasteiger partial charge in [-0.15, -0.1) is 0 Å². The predicted octanol–water partition coefficient (Wildman–Crippen LogP) is -0.996. The second kappa shape index (κ2) is 9.20. The highest BCUT2D eigenvalue weighted by Crippen LogP contribution is 2.18. The molecule has 2 saturated heterocycles. The van der Waals surface area contributed by atoms with Crippen molar-refractivity contribution >= 4 is 11.8 Å². The summed E-state index contributed by atoms with van der Waals surface area (Å²) in [4.78, 5) is 27.6. The van der Waals surface area contributed by atoms with Gasteiger partial charge in [-0.05, 0) is 44.7 Å². The maximum atomic E-state index is 12.4. The number of carbonyl (C=O) groups excluding carboxylic acids is 2. The summed E-state index contributed by atoms with van der Waals surface area (Å²) in [5.41, 5.74) is 5.24. The third-order valence-corrected chi connectivity index (χ3v) is 4.84. The average Bonchev–Trinajstić information content (AvgIpc) is 2.53. The molecular weight excluding hydrogens is 296 g/mol. The Balaban J connectivity index is 1.72. The highest BCUT2D eigenvalue weighted by molar-refractivity contribution is 5.79. The molecule has 2 heterocycles. The van der Waals surface area contributed by atoms with Gasteiger partial charge in [-0.3, -0.25) is 14.5 Å². The number of nitrogens with two attached hydrogens (primary N) is 1. The van der Waals surface area contributed by atoms with Crippen LogP contribution in [0.5, 0.6) is 0 Å². The number of aliphatic hydroxyl groups is 1. The van der Waals surface area contributed by atoms with Gasteiger partial charge in [0.1, 0.15) is 0 Å². The van der Waals surface area contributed by atoms with E-state index in [0.29, 0.717) is 19.0 Å². The van der Waals surface area contributed by atoms with Crippen molar-refractivity contribution in [1.82, 2.24) is 15.1 Å². The van der Waals surface area contributed by atoms with Crippen molar-refractivity contribution in [1.29, 1.82) is 0 Å². The highest BCUT2D eigenvalue weighted by Gasteiger charge is 2.27. The molecule has 23 heavy (non-hydrogen) atoms. The Morgan fingerprint density at radius 1 is 1.13 bits per heavy atom. The number of nitrogens with zero attached hydrogens (tertiary/aromatic N) is 2. The van der Waals surface area contributed by atoms with Gasteiger partial charge in [0.05, 0.1) is 19.1 Å². The molecule has 4 N–H and O–H groups in total. The Kier molecular flexibility index (Phi) is 7.26. The van der Waals surface area contributed by atoms with E-state index in [1.54, 1.807) is 0 Å². The third-order valence-electron chi connectivity index (χ3n) is 4.84. The number of hydrogen-bond acceptors (Lipinski definition) is 5. The molecule has 7 heteroatoms. The van der Waals surface area contributed by atoms with Crippen LogP contribution < -0.4 is 11.1 Å². The van der Waals surface area contributed by atoms with Crippen LogP contribution in [0.25, 0.3) is 0 Å². The van der Waals surface area contributed by atoms with Crippen LogP contribution in [0.1, 0.15) is 25.7 Å². The molecule has 2 amide bonds. The summed E-state index contributed by atoms with van der Waals surface area (Å²) in [7, 11) is 0. The maximum absolute atomic E-state index is 12.4. The Hall–Kier alpha value is -1.18. The second-order valence-electron chi connectivity index (χ2n) is 6.82. The molecule has 0 spiro atoms. The summed E-state index contributed by atoms with van der Waals surface area (Å²) in [5.74, 6) is 0.181. The van der Waals surface area contributed by atoms with E-state index in [1.807, 2.05) is 4.90 Å². The van der Waals surface area contributed by atoms with Crippen LogP contribution in [0.4, 0.5) is 0 Å². The van der Waals surface area contributed by atoms with Crippen molar-refractivity contribution in [2.75, 3.05) is 52.4 Å². The van der Waals surface area contributed by atoms with Gasteiger partial charge >= 0.3 is 0 Å². The molecule has 2 aliphatic rings. The maximum Gasteiger partial charge on any atom is 0.231 e. The van der Waals surface area contributed by atoms with Crippen molar-refractivity contribution in [2.24, 2.45) is 17.6 Å². The Labute approximate surface area is 138 Å². The summed E-state index contributed by atoms with van der Waals surface area (Å²) in [6.07, 6.45) is 4.05. The van der Waals surface area contributed by atoms with Crippen LogP contribution in [0.3, 0.4) is 0 Å². The lowest BCUT2D eigenvalue weighted by molar-refractivity contribution is -0.128. The van der Waals surface area contributed by atoms with E-state index < -0.39 is 0 Å². The van der Waals surface area contributed by atoms with Crippen LogP contribution in [0.15, 0.2) is 0 Å². The van der Waals surface area contributed by atoms with E-state index in [4.69, 9.17) is 10.8 Å². The minimum atomic E-state index is -0.336. The summed E-state index contributed by atoms with van der Waals surface area (Å²) in [6, 6.07) is 0. The van der Waals surface area contributed by atoms with E-state index in [1.165, 1.54) is 0 Å². The summed E-state index contributed by atoms with van der Waals surface area (Å²) in [5, 5.41) is 12.1. The molecule has 0 aromatic rings. The number of nitrogens with one attached hydrogen (secondary N) is 1. The van der Waals surface area contributed by atoms with Gasteiger partial charge in [0.2, 0.25) is 11.8 Å². The van der Waals surface area contributed by atoms with Gasteiger partial charge < -0.3 is 21.1 Å². The fraction of sp³-hybridized carbons (Fsp3) is 0.875. The molecule has 0 bridgehead atoms. The number of amides is 2. The zero-order chi connectivity index (χ0) is 16.7. The molecule has 0 aromatic carbocycles. The number of piperidine rings is 2. The SMILES string of the molecule is NC(=O)CN1CCCC(C(=O)NCC2CCCN(CCO)C2)C1. The molecule has 2 fully saturated rings. The first-order chi connectivity index (χ1) is 11.1. The first kappa shape index (κ1) is 18.2. The topological polar surface area (TPSA) is 98.9 Å². The zero-order valence-corrected chi connectivity index (χ0v) is 13.9. The molecule has 0 radical (unpaired) electrons. The fourth-order valence-corrected chi connectivity index (χ4v) is 3.69. The molecule has 2 rings (SSSR count). The Bertz CT molecular complexity index is 403. The summed E-state index contributed by atoms with van der Waals surface area (Å²) in [6.45, 7) is 5.29. The van der Waals surface area contributed by atoms with E-state index in [0.717, 1.165) is 51.9 Å². The van der Waals surface area contributed by atoms with E-state index >= 15 is 0 Å². The standard InChI is InChI=1S/C16H30N4O3/c17-15(22)12-20-6-2-4-14(11-20)16(23)18-9-13-3-1-5-19(10-13)7-8-21/h13-14,21H,1-12H2,(H2,17,22)(H,18,23). The lowest BCUT2D eigenvalue weighted by atomic mass is 9.95. The zero-order valence-electron chi connectivity index (χ0n) is 13.9. The Morgan fingerprint density at radius 2 is 1.87 bits per heavy atom. The number of likely N-dealkylation sites (tertiary alicyclic amines) is 2. The lowest BCUT2D eigenvalue weighted by Gasteiger charge is -2.34. The van der Waals surface area contributed by atoms with E-state index in [-0.39, 0.29) is 30.9 Å². The minimum absolute atomic E-state index is 0.0414. The van der Waals surface area contributed by atoms with Gasteiger partial charge in [-0.25, -0.2) is 0 Å². The van der Waals surface area contributed by atoms with Crippen molar-refractivity contribution in [3.63, 3.8) is 0 Å². The monoisotopic (exact) mass is 326 g/mol. The summed E-state index contributed by atoms with van der Waals surface area (Å²) >= 11 is 0. The van der Waals surface area contributed by atoms with E-state index in [2.05, 4.69) is 10.2 Å². The molecule has 0 saturated carbocycles. The van der Waals surface area contributed by atoms with Crippen LogP contribution in [-0.2, 0) is 9.59 Å². The predicted molar refractivity (Wildman–Crippen MR) is 87.6 cm³/mol. The van der Waals surface area contributed by atoms with Gasteiger partial charge in [0.15, 0.2) is 0 Å². The van der Waals surface area contributed by atoms with Gasteiger partial charge in [-0.2, -0.15) is 0 Å². The third kappa shape index (κ3) is 6.08. The minimum Gasteiger partial charge on any atom is -0.395 e. The van der Waals surface area contributed by atoms with Crippen molar-refractivity contribution < 1.29 is 14.7 Å². The summed E-state index contributed by atoms with van der Waals surface area (Å²) < 4.78 is 0. The molecule has 0 aliphatic carbocycles. The van der Waals surface area contributed by atoms with Crippen LogP contribution in [-0.4, -0.2) is 79.1 Å². The first-order valence-corrected chi connectivity index (χ1v) is 8.70. The number of hydrogen-bond donors (Lipinski definition) is 3. The smallest absolute Gasteiger partial charge is 0.231 e. The molecule has 2 atom stereocenters. The second-order valence-corrected chi connectivity index (χ2v) is 6.82. The largest absolute Gasteiger partial charge is 0.395 e.